The van der Waals surface area contributed by atoms with Crippen LogP contribution in [0.5, 0.6) is 5.75 Å². The molecule has 0 aliphatic carbocycles. The maximum atomic E-state index is 12.8. The Balaban J connectivity index is 1.71. The molecule has 27 heavy (non-hydrogen) atoms. The molecule has 1 unspecified atom stereocenters. The minimum absolute atomic E-state index is 0.262. The lowest BCUT2D eigenvalue weighted by molar-refractivity contribution is -0.127. The first-order chi connectivity index (χ1) is 12.9. The van der Waals surface area contributed by atoms with Gasteiger partial charge in [0.15, 0.2) is 6.10 Å². The first kappa shape index (κ1) is 20.4. The van der Waals surface area contributed by atoms with Crippen LogP contribution in [0.2, 0.25) is 0 Å². The molecule has 2 aromatic rings. The van der Waals surface area contributed by atoms with Crippen LogP contribution in [0.1, 0.15) is 42.6 Å². The molecule has 0 spiro atoms. The highest BCUT2D eigenvalue weighted by Crippen LogP contribution is 2.19. The normalized spacial score (nSPS) is 11.7. The van der Waals surface area contributed by atoms with E-state index < -0.39 is 11.9 Å². The van der Waals surface area contributed by atoms with Gasteiger partial charge in [-0.1, -0.05) is 26.0 Å². The molecule has 5 nitrogen and oxygen atoms in total. The zero-order valence-electron chi connectivity index (χ0n) is 15.8. The Hall–Kier alpha value is -2.89. The van der Waals surface area contributed by atoms with Crippen molar-refractivity contribution in [2.24, 2.45) is 0 Å². The number of rotatable bonds is 8. The fraction of sp³-hybridized carbons (Fsp3) is 0.333. The van der Waals surface area contributed by atoms with Crippen molar-refractivity contribution in [2.75, 3.05) is 13.1 Å². The van der Waals surface area contributed by atoms with Crippen molar-refractivity contribution in [1.82, 2.24) is 10.6 Å². The molecule has 0 saturated heterocycles. The number of hydrogen-bond acceptors (Lipinski definition) is 3. The van der Waals surface area contributed by atoms with E-state index in [-0.39, 0.29) is 24.9 Å². The molecule has 2 rings (SSSR count). The number of hydrogen-bond donors (Lipinski definition) is 2. The summed E-state index contributed by atoms with van der Waals surface area (Å²) in [6, 6.07) is 12.9. The first-order valence-electron chi connectivity index (χ1n) is 8.95. The van der Waals surface area contributed by atoms with E-state index in [1.54, 1.807) is 6.92 Å². The second-order valence-electron chi connectivity index (χ2n) is 6.54. The van der Waals surface area contributed by atoms with Crippen molar-refractivity contribution in [3.05, 3.63) is 65.5 Å². The van der Waals surface area contributed by atoms with E-state index in [2.05, 4.69) is 24.5 Å². The third-order valence-corrected chi connectivity index (χ3v) is 4.05. The summed E-state index contributed by atoms with van der Waals surface area (Å²) in [5, 5.41) is 5.37. The number of carbonyl (C=O) groups is 2. The van der Waals surface area contributed by atoms with Crippen LogP contribution in [-0.2, 0) is 4.79 Å². The Morgan fingerprint density at radius 1 is 0.926 bits per heavy atom. The Morgan fingerprint density at radius 2 is 1.52 bits per heavy atom. The van der Waals surface area contributed by atoms with Crippen LogP contribution in [0.15, 0.2) is 48.5 Å². The molecule has 2 amide bonds. The van der Waals surface area contributed by atoms with Gasteiger partial charge in [-0.05, 0) is 54.8 Å². The van der Waals surface area contributed by atoms with Gasteiger partial charge in [-0.25, -0.2) is 4.39 Å². The summed E-state index contributed by atoms with van der Waals surface area (Å²) in [4.78, 5) is 24.0. The van der Waals surface area contributed by atoms with Crippen molar-refractivity contribution >= 4 is 11.8 Å². The molecule has 2 aromatic carbocycles. The predicted molar refractivity (Wildman–Crippen MR) is 102 cm³/mol. The van der Waals surface area contributed by atoms with Crippen LogP contribution in [-0.4, -0.2) is 31.0 Å². The largest absolute Gasteiger partial charge is 0.481 e. The molecule has 2 N–H and O–H groups in total. The Kier molecular flexibility index (Phi) is 7.34. The van der Waals surface area contributed by atoms with Crippen molar-refractivity contribution in [1.29, 1.82) is 0 Å². The molecule has 144 valence electrons. The summed E-state index contributed by atoms with van der Waals surface area (Å²) in [6.45, 7) is 6.42. The van der Waals surface area contributed by atoms with Gasteiger partial charge in [0.1, 0.15) is 11.6 Å². The van der Waals surface area contributed by atoms with Crippen LogP contribution >= 0.6 is 0 Å². The van der Waals surface area contributed by atoms with Gasteiger partial charge < -0.3 is 15.4 Å². The standard InChI is InChI=1S/C21H25FN2O3/c1-14(2)16-6-10-19(11-7-16)27-15(3)20(25)23-12-13-24-21(26)17-4-8-18(22)9-5-17/h4-11,14-15H,12-13H2,1-3H3,(H,23,25)(H,24,26). The Bertz CT molecular complexity index is 758. The number of halogens is 1. The number of nitrogens with one attached hydrogen (secondary N) is 2. The van der Waals surface area contributed by atoms with Crippen LogP contribution in [0.3, 0.4) is 0 Å². The molecule has 6 heteroatoms. The van der Waals surface area contributed by atoms with E-state index in [0.717, 1.165) is 0 Å². The average molecular weight is 372 g/mol. The van der Waals surface area contributed by atoms with Crippen molar-refractivity contribution in [3.63, 3.8) is 0 Å². The smallest absolute Gasteiger partial charge is 0.260 e. The molecular formula is C21H25FN2O3. The van der Waals surface area contributed by atoms with Gasteiger partial charge in [0.05, 0.1) is 0 Å². The van der Waals surface area contributed by atoms with Crippen LogP contribution in [0.25, 0.3) is 0 Å². The predicted octanol–water partition coefficient (Wildman–Crippen LogP) is 3.26. The Morgan fingerprint density at radius 3 is 2.11 bits per heavy atom. The van der Waals surface area contributed by atoms with Gasteiger partial charge in [-0.15, -0.1) is 0 Å². The number of amides is 2. The lowest BCUT2D eigenvalue weighted by atomic mass is 10.0. The molecule has 0 saturated carbocycles. The lowest BCUT2D eigenvalue weighted by Gasteiger charge is -2.15. The molecular weight excluding hydrogens is 347 g/mol. The van der Waals surface area contributed by atoms with Gasteiger partial charge in [-0.2, -0.15) is 0 Å². The van der Waals surface area contributed by atoms with Crippen molar-refractivity contribution < 1.29 is 18.7 Å². The fourth-order valence-corrected chi connectivity index (χ4v) is 2.40. The van der Waals surface area contributed by atoms with Gasteiger partial charge in [-0.3, -0.25) is 9.59 Å². The van der Waals surface area contributed by atoms with Gasteiger partial charge >= 0.3 is 0 Å². The minimum Gasteiger partial charge on any atom is -0.481 e. The molecule has 0 fully saturated rings. The maximum Gasteiger partial charge on any atom is 0.260 e. The van der Waals surface area contributed by atoms with E-state index in [0.29, 0.717) is 17.2 Å². The number of carbonyl (C=O) groups excluding carboxylic acids is 2. The van der Waals surface area contributed by atoms with E-state index >= 15 is 0 Å². The molecule has 0 radical (unpaired) electrons. The summed E-state index contributed by atoms with van der Waals surface area (Å²) in [6.07, 6.45) is -0.650. The molecule has 0 aliphatic rings. The van der Waals surface area contributed by atoms with Crippen LogP contribution in [0, 0.1) is 5.82 Å². The maximum absolute atomic E-state index is 12.8. The molecule has 0 aliphatic heterocycles. The highest BCUT2D eigenvalue weighted by Gasteiger charge is 2.14. The zero-order valence-corrected chi connectivity index (χ0v) is 15.8. The second kappa shape index (κ2) is 9.71. The third-order valence-electron chi connectivity index (χ3n) is 4.05. The monoisotopic (exact) mass is 372 g/mol. The first-order valence-corrected chi connectivity index (χ1v) is 8.95. The van der Waals surface area contributed by atoms with E-state index in [1.165, 1.54) is 29.8 Å². The summed E-state index contributed by atoms with van der Waals surface area (Å²) < 4.78 is 18.5. The Labute approximate surface area is 158 Å². The van der Waals surface area contributed by atoms with E-state index in [1.807, 2.05) is 24.3 Å². The van der Waals surface area contributed by atoms with Crippen LogP contribution in [0.4, 0.5) is 4.39 Å². The summed E-state index contributed by atoms with van der Waals surface area (Å²) in [5.74, 6) is 0.0842. The molecule has 1 atom stereocenters. The lowest BCUT2D eigenvalue weighted by Crippen LogP contribution is -2.40. The second-order valence-corrected chi connectivity index (χ2v) is 6.54. The van der Waals surface area contributed by atoms with Gasteiger partial charge in [0.2, 0.25) is 0 Å². The van der Waals surface area contributed by atoms with Crippen LogP contribution < -0.4 is 15.4 Å². The van der Waals surface area contributed by atoms with Crippen molar-refractivity contribution in [2.45, 2.75) is 32.8 Å². The summed E-state index contributed by atoms with van der Waals surface area (Å²) >= 11 is 0. The van der Waals surface area contributed by atoms with E-state index in [9.17, 15) is 14.0 Å². The summed E-state index contributed by atoms with van der Waals surface area (Å²) in [5.41, 5.74) is 1.57. The quantitative estimate of drug-likeness (QED) is 0.699. The highest BCUT2D eigenvalue weighted by atomic mass is 19.1. The molecule has 0 aromatic heterocycles. The van der Waals surface area contributed by atoms with Gasteiger partial charge in [0.25, 0.3) is 11.8 Å². The zero-order chi connectivity index (χ0) is 19.8. The number of benzene rings is 2. The SMILES string of the molecule is CC(Oc1ccc(C(C)C)cc1)C(=O)NCCNC(=O)c1ccc(F)cc1. The molecule has 0 bridgehead atoms. The third kappa shape index (κ3) is 6.40. The summed E-state index contributed by atoms with van der Waals surface area (Å²) in [7, 11) is 0. The minimum atomic E-state index is -0.650. The van der Waals surface area contributed by atoms with E-state index in [4.69, 9.17) is 4.74 Å². The average Bonchev–Trinajstić information content (AvgIpc) is 2.65. The molecule has 0 heterocycles. The number of ether oxygens (including phenoxy) is 1. The highest BCUT2D eigenvalue weighted by molar-refractivity contribution is 5.94. The topological polar surface area (TPSA) is 67.4 Å². The van der Waals surface area contributed by atoms with Gasteiger partial charge in [0, 0.05) is 18.7 Å². The fourth-order valence-electron chi connectivity index (χ4n) is 2.40. The van der Waals surface area contributed by atoms with Crippen molar-refractivity contribution in [3.8, 4) is 5.75 Å².